The molecular formula is C9H12N4O2. The molecule has 2 N–H and O–H groups in total. The van der Waals surface area contributed by atoms with E-state index in [9.17, 15) is 4.79 Å². The molecule has 0 spiro atoms. The number of ether oxygens (including phenoxy) is 1. The standard InChI is InChI=1S/C9H12N4O2/c14-9(7-4-10-13-12-7)11-6-3-5-1-2-8(6)15-5/h4-6,8H,1-3H2,(H,11,14)(H,10,12,13). The van der Waals surface area contributed by atoms with Crippen LogP contribution < -0.4 is 5.32 Å². The van der Waals surface area contributed by atoms with E-state index in [4.69, 9.17) is 4.74 Å². The molecule has 80 valence electrons. The van der Waals surface area contributed by atoms with E-state index in [1.165, 1.54) is 6.20 Å². The minimum absolute atomic E-state index is 0.146. The Morgan fingerprint density at radius 3 is 3.13 bits per heavy atom. The Balaban J connectivity index is 1.64. The number of carbonyl (C=O) groups excluding carboxylic acids is 1. The van der Waals surface area contributed by atoms with Crippen LogP contribution >= 0.6 is 0 Å². The van der Waals surface area contributed by atoms with Crippen molar-refractivity contribution in [2.45, 2.75) is 37.5 Å². The molecule has 2 fully saturated rings. The summed E-state index contributed by atoms with van der Waals surface area (Å²) in [5.41, 5.74) is 0.331. The van der Waals surface area contributed by atoms with Crippen LogP contribution in [0.4, 0.5) is 0 Å². The fraction of sp³-hybridized carbons (Fsp3) is 0.667. The van der Waals surface area contributed by atoms with Gasteiger partial charge in [0.05, 0.1) is 24.4 Å². The molecule has 1 aromatic rings. The van der Waals surface area contributed by atoms with Gasteiger partial charge in [0, 0.05) is 0 Å². The lowest BCUT2D eigenvalue weighted by Crippen LogP contribution is -2.41. The summed E-state index contributed by atoms with van der Waals surface area (Å²) in [6, 6.07) is 0.146. The Morgan fingerprint density at radius 2 is 2.53 bits per heavy atom. The van der Waals surface area contributed by atoms with Gasteiger partial charge in [-0.2, -0.15) is 15.4 Å². The summed E-state index contributed by atoms with van der Waals surface area (Å²) >= 11 is 0. The fourth-order valence-corrected chi connectivity index (χ4v) is 2.34. The van der Waals surface area contributed by atoms with E-state index in [0.717, 1.165) is 19.3 Å². The lowest BCUT2D eigenvalue weighted by atomic mass is 9.95. The number of hydrogen-bond donors (Lipinski definition) is 2. The smallest absolute Gasteiger partial charge is 0.273 e. The summed E-state index contributed by atoms with van der Waals surface area (Å²) in [6.07, 6.45) is 5.07. The first-order valence-electron chi connectivity index (χ1n) is 5.15. The summed E-state index contributed by atoms with van der Waals surface area (Å²) in [4.78, 5) is 11.6. The molecule has 1 aromatic heterocycles. The number of carbonyl (C=O) groups is 1. The summed E-state index contributed by atoms with van der Waals surface area (Å²) in [5.74, 6) is -0.176. The minimum atomic E-state index is -0.176. The maximum Gasteiger partial charge on any atom is 0.273 e. The van der Waals surface area contributed by atoms with Crippen LogP contribution in [-0.4, -0.2) is 39.6 Å². The highest BCUT2D eigenvalue weighted by atomic mass is 16.5. The Hall–Kier alpha value is -1.43. The molecule has 2 aliphatic rings. The molecule has 1 amide bonds. The van der Waals surface area contributed by atoms with E-state index in [-0.39, 0.29) is 18.1 Å². The predicted octanol–water partition coefficient (Wildman–Crippen LogP) is -0.146. The van der Waals surface area contributed by atoms with Crippen LogP contribution in [0.5, 0.6) is 0 Å². The molecule has 0 aromatic carbocycles. The number of aromatic nitrogens is 3. The van der Waals surface area contributed by atoms with Crippen LogP contribution in [0.25, 0.3) is 0 Å². The van der Waals surface area contributed by atoms with Crippen molar-refractivity contribution in [3.05, 3.63) is 11.9 Å². The van der Waals surface area contributed by atoms with Crippen LogP contribution in [-0.2, 0) is 4.74 Å². The van der Waals surface area contributed by atoms with Crippen molar-refractivity contribution in [2.24, 2.45) is 0 Å². The third-order valence-corrected chi connectivity index (χ3v) is 3.07. The van der Waals surface area contributed by atoms with Gasteiger partial charge in [0.25, 0.3) is 5.91 Å². The quantitative estimate of drug-likeness (QED) is 0.708. The maximum absolute atomic E-state index is 11.6. The van der Waals surface area contributed by atoms with Crippen LogP contribution in [0, 0.1) is 0 Å². The summed E-state index contributed by atoms with van der Waals surface area (Å²) in [7, 11) is 0. The van der Waals surface area contributed by atoms with Crippen molar-refractivity contribution in [1.29, 1.82) is 0 Å². The average molecular weight is 208 g/mol. The molecule has 6 nitrogen and oxygen atoms in total. The van der Waals surface area contributed by atoms with Crippen LogP contribution in [0.1, 0.15) is 29.8 Å². The Morgan fingerprint density at radius 1 is 1.60 bits per heavy atom. The van der Waals surface area contributed by atoms with Gasteiger partial charge < -0.3 is 10.1 Å². The number of aromatic amines is 1. The predicted molar refractivity (Wildman–Crippen MR) is 50.1 cm³/mol. The zero-order valence-corrected chi connectivity index (χ0v) is 8.14. The highest BCUT2D eigenvalue weighted by Gasteiger charge is 2.41. The molecule has 3 unspecified atom stereocenters. The first-order chi connectivity index (χ1) is 7.33. The van der Waals surface area contributed by atoms with Gasteiger partial charge in [0.1, 0.15) is 0 Å². The van der Waals surface area contributed by atoms with Gasteiger partial charge in [-0.05, 0) is 19.3 Å². The highest BCUT2D eigenvalue weighted by molar-refractivity contribution is 5.92. The van der Waals surface area contributed by atoms with Crippen molar-refractivity contribution in [2.75, 3.05) is 0 Å². The van der Waals surface area contributed by atoms with Gasteiger partial charge in [-0.1, -0.05) is 0 Å². The topological polar surface area (TPSA) is 79.9 Å². The summed E-state index contributed by atoms with van der Waals surface area (Å²) in [6.45, 7) is 0. The molecule has 6 heteroatoms. The van der Waals surface area contributed by atoms with E-state index in [1.54, 1.807) is 0 Å². The van der Waals surface area contributed by atoms with Gasteiger partial charge in [-0.3, -0.25) is 4.79 Å². The zero-order chi connectivity index (χ0) is 10.3. The molecule has 3 heterocycles. The number of rotatable bonds is 2. The maximum atomic E-state index is 11.6. The second-order valence-corrected chi connectivity index (χ2v) is 4.04. The van der Waals surface area contributed by atoms with E-state index >= 15 is 0 Å². The SMILES string of the molecule is O=C(NC1CC2CCC1O2)c1cn[nH]n1. The number of nitrogens with one attached hydrogen (secondary N) is 2. The summed E-state index contributed by atoms with van der Waals surface area (Å²) < 4.78 is 5.64. The largest absolute Gasteiger partial charge is 0.373 e. The molecule has 0 radical (unpaired) electrons. The monoisotopic (exact) mass is 208 g/mol. The number of amides is 1. The normalized spacial score (nSPS) is 33.2. The lowest BCUT2D eigenvalue weighted by molar-refractivity contribution is 0.0837. The molecule has 15 heavy (non-hydrogen) atoms. The first-order valence-corrected chi connectivity index (χ1v) is 5.15. The molecule has 2 saturated heterocycles. The fourth-order valence-electron chi connectivity index (χ4n) is 2.34. The second-order valence-electron chi connectivity index (χ2n) is 4.04. The van der Waals surface area contributed by atoms with Gasteiger partial charge in [-0.15, -0.1) is 0 Å². The number of H-pyrrole nitrogens is 1. The average Bonchev–Trinajstić information content (AvgIpc) is 2.95. The van der Waals surface area contributed by atoms with Crippen molar-refractivity contribution < 1.29 is 9.53 Å². The number of fused-ring (bicyclic) bond motifs is 2. The number of nitrogens with zero attached hydrogens (tertiary/aromatic N) is 2. The van der Waals surface area contributed by atoms with Crippen molar-refractivity contribution in [3.8, 4) is 0 Å². The van der Waals surface area contributed by atoms with Gasteiger partial charge in [0.15, 0.2) is 5.69 Å². The van der Waals surface area contributed by atoms with Crippen LogP contribution in [0.3, 0.4) is 0 Å². The van der Waals surface area contributed by atoms with Crippen molar-refractivity contribution in [3.63, 3.8) is 0 Å². The van der Waals surface area contributed by atoms with Crippen molar-refractivity contribution in [1.82, 2.24) is 20.7 Å². The third kappa shape index (κ3) is 1.50. The third-order valence-electron chi connectivity index (χ3n) is 3.07. The van der Waals surface area contributed by atoms with Crippen molar-refractivity contribution >= 4 is 5.91 Å². The van der Waals surface area contributed by atoms with E-state index in [2.05, 4.69) is 20.7 Å². The Kier molecular flexibility index (Phi) is 1.95. The second kappa shape index (κ2) is 3.30. The molecule has 3 rings (SSSR count). The van der Waals surface area contributed by atoms with Gasteiger partial charge >= 0.3 is 0 Å². The van der Waals surface area contributed by atoms with E-state index in [1.807, 2.05) is 0 Å². The van der Waals surface area contributed by atoms with Crippen LogP contribution in [0.2, 0.25) is 0 Å². The zero-order valence-electron chi connectivity index (χ0n) is 8.14. The lowest BCUT2D eigenvalue weighted by Gasteiger charge is -2.19. The summed E-state index contributed by atoms with van der Waals surface area (Å²) in [5, 5.41) is 12.7. The van der Waals surface area contributed by atoms with Gasteiger partial charge in [0.2, 0.25) is 0 Å². The molecule has 0 aliphatic carbocycles. The molecular weight excluding hydrogens is 196 g/mol. The Bertz CT molecular complexity index is 364. The first kappa shape index (κ1) is 8.84. The highest BCUT2D eigenvalue weighted by Crippen LogP contribution is 2.34. The van der Waals surface area contributed by atoms with Gasteiger partial charge in [-0.25, -0.2) is 0 Å². The van der Waals surface area contributed by atoms with E-state index < -0.39 is 0 Å². The molecule has 3 atom stereocenters. The molecule has 0 saturated carbocycles. The number of hydrogen-bond acceptors (Lipinski definition) is 4. The van der Waals surface area contributed by atoms with E-state index in [0.29, 0.717) is 11.8 Å². The molecule has 2 bridgehead atoms. The Labute approximate surface area is 86.4 Å². The molecule has 2 aliphatic heterocycles. The minimum Gasteiger partial charge on any atom is -0.373 e. The van der Waals surface area contributed by atoms with Crippen LogP contribution in [0.15, 0.2) is 6.20 Å².